The lowest BCUT2D eigenvalue weighted by molar-refractivity contribution is -0.104. The molecule has 0 heterocycles. The van der Waals surface area contributed by atoms with Crippen LogP contribution >= 0.6 is 0 Å². The monoisotopic (exact) mass is 301 g/mol. The Hall–Kier alpha value is -2.29. The van der Waals surface area contributed by atoms with Crippen molar-refractivity contribution in [1.29, 1.82) is 0 Å². The van der Waals surface area contributed by atoms with E-state index in [1.54, 1.807) is 19.9 Å². The minimum atomic E-state index is 0.487. The third kappa shape index (κ3) is 4.35. The Labute approximate surface area is 133 Å². The molecule has 0 rings (SSSR count). The van der Waals surface area contributed by atoms with Gasteiger partial charge in [0.05, 0.1) is 6.26 Å². The fourth-order valence-electron chi connectivity index (χ4n) is 2.39. The van der Waals surface area contributed by atoms with Gasteiger partial charge in [-0.3, -0.25) is 4.79 Å². The first kappa shape index (κ1) is 19.7. The molecule has 0 bridgehead atoms. The molecule has 0 unspecified atom stereocenters. The quantitative estimate of drug-likeness (QED) is 0.324. The van der Waals surface area contributed by atoms with Gasteiger partial charge in [0.15, 0.2) is 0 Å². The average molecular weight is 301 g/mol. The first-order valence-corrected chi connectivity index (χ1v) is 7.17. The van der Waals surface area contributed by atoms with Gasteiger partial charge in [-0.15, -0.1) is 0 Å². The smallest absolute Gasteiger partial charge is 0.146 e. The SMILES string of the molecule is C=C/C(N)=C(C(/C)=C/O)\C(C)=C(C)\C(=C(\C)C=O)C(\C)=C\C. The number of aliphatic hydroxyl groups excluding tert-OH is 1. The van der Waals surface area contributed by atoms with Crippen LogP contribution < -0.4 is 5.73 Å². The van der Waals surface area contributed by atoms with Gasteiger partial charge in [-0.2, -0.15) is 0 Å². The molecule has 0 fully saturated rings. The van der Waals surface area contributed by atoms with Gasteiger partial charge >= 0.3 is 0 Å². The molecule has 0 atom stereocenters. The Balaban J connectivity index is 6.62. The standard InChI is InChI=1S/C19H27NO2/c1-8-12(3)18(13(4)10-21)15(6)16(7)19(14(5)11-22)17(20)9-2/h8-11,22H,2,20H2,1,3-7H3/b12-8+,14-11+,16-15+,18-13-,19-17+. The largest absolute Gasteiger partial charge is 0.515 e. The molecule has 0 aromatic rings. The first-order chi connectivity index (χ1) is 10.3. The molecule has 3 nitrogen and oxygen atoms in total. The first-order valence-electron chi connectivity index (χ1n) is 7.17. The van der Waals surface area contributed by atoms with Gasteiger partial charge in [-0.05, 0) is 81.1 Å². The lowest BCUT2D eigenvalue weighted by Gasteiger charge is -2.18. The Morgan fingerprint density at radius 2 is 1.50 bits per heavy atom. The van der Waals surface area contributed by atoms with Crippen LogP contribution in [0.2, 0.25) is 0 Å². The maximum atomic E-state index is 11.2. The van der Waals surface area contributed by atoms with E-state index in [9.17, 15) is 9.90 Å². The number of aldehydes is 1. The Morgan fingerprint density at radius 1 is 1.00 bits per heavy atom. The summed E-state index contributed by atoms with van der Waals surface area (Å²) in [5.74, 6) is 0. The van der Waals surface area contributed by atoms with E-state index in [-0.39, 0.29) is 0 Å². The summed E-state index contributed by atoms with van der Waals surface area (Å²) >= 11 is 0. The summed E-state index contributed by atoms with van der Waals surface area (Å²) in [7, 11) is 0. The highest BCUT2D eigenvalue weighted by molar-refractivity contribution is 5.78. The van der Waals surface area contributed by atoms with E-state index >= 15 is 0 Å². The number of nitrogens with two attached hydrogens (primary N) is 1. The minimum absolute atomic E-state index is 0.487. The predicted octanol–water partition coefficient (Wildman–Crippen LogP) is 4.67. The Morgan fingerprint density at radius 3 is 1.86 bits per heavy atom. The second-order valence-corrected chi connectivity index (χ2v) is 5.24. The van der Waals surface area contributed by atoms with Crippen molar-refractivity contribution >= 4 is 6.29 Å². The highest BCUT2D eigenvalue weighted by Gasteiger charge is 2.15. The van der Waals surface area contributed by atoms with Crippen molar-refractivity contribution in [1.82, 2.24) is 0 Å². The molecule has 0 spiro atoms. The van der Waals surface area contributed by atoms with Crippen molar-refractivity contribution in [2.45, 2.75) is 41.5 Å². The van der Waals surface area contributed by atoms with E-state index in [0.29, 0.717) is 16.8 Å². The summed E-state index contributed by atoms with van der Waals surface area (Å²) in [4.78, 5) is 11.2. The van der Waals surface area contributed by atoms with Crippen molar-refractivity contribution in [3.05, 3.63) is 69.7 Å². The molecule has 0 aliphatic rings. The Bertz CT molecular complexity index is 557. The third-order valence-electron chi connectivity index (χ3n) is 3.81. The fraction of sp³-hybridized carbons (Fsp3) is 0.316. The molecule has 120 valence electrons. The topological polar surface area (TPSA) is 63.3 Å². The van der Waals surface area contributed by atoms with Gasteiger partial charge < -0.3 is 10.8 Å². The number of aliphatic hydroxyl groups is 1. The van der Waals surface area contributed by atoms with Crippen LogP contribution in [0.3, 0.4) is 0 Å². The summed E-state index contributed by atoms with van der Waals surface area (Å²) in [6.07, 6.45) is 5.40. The molecule has 0 aromatic heterocycles. The predicted molar refractivity (Wildman–Crippen MR) is 94.4 cm³/mol. The lowest BCUT2D eigenvalue weighted by atomic mass is 9.87. The van der Waals surface area contributed by atoms with Gasteiger partial charge in [0.1, 0.15) is 6.29 Å². The molecule has 0 saturated carbocycles. The third-order valence-corrected chi connectivity index (χ3v) is 3.81. The number of allylic oxidation sites excluding steroid dienone is 9. The molecule has 0 aromatic carbocycles. The molecule has 0 radical (unpaired) electrons. The average Bonchev–Trinajstić information content (AvgIpc) is 2.53. The zero-order valence-electron chi connectivity index (χ0n) is 14.4. The normalized spacial score (nSPS) is 16.5. The summed E-state index contributed by atoms with van der Waals surface area (Å²) < 4.78 is 0. The second-order valence-electron chi connectivity index (χ2n) is 5.24. The summed E-state index contributed by atoms with van der Waals surface area (Å²) in [5, 5.41) is 9.34. The second kappa shape index (κ2) is 8.88. The van der Waals surface area contributed by atoms with Crippen LogP contribution in [-0.2, 0) is 4.79 Å². The molecular formula is C19H27NO2. The van der Waals surface area contributed by atoms with E-state index in [2.05, 4.69) is 6.58 Å². The van der Waals surface area contributed by atoms with Gasteiger partial charge in [0.25, 0.3) is 0 Å². The van der Waals surface area contributed by atoms with Crippen LogP contribution in [0, 0.1) is 0 Å². The highest BCUT2D eigenvalue weighted by atomic mass is 16.2. The van der Waals surface area contributed by atoms with E-state index in [1.165, 1.54) is 0 Å². The summed E-state index contributed by atoms with van der Waals surface area (Å²) in [5.41, 5.74) is 12.3. The van der Waals surface area contributed by atoms with Gasteiger partial charge in [0.2, 0.25) is 0 Å². The van der Waals surface area contributed by atoms with Crippen molar-refractivity contribution in [3.8, 4) is 0 Å². The van der Waals surface area contributed by atoms with E-state index in [4.69, 9.17) is 5.73 Å². The number of hydrogen-bond donors (Lipinski definition) is 2. The molecule has 22 heavy (non-hydrogen) atoms. The lowest BCUT2D eigenvalue weighted by Crippen LogP contribution is -2.06. The van der Waals surface area contributed by atoms with Crippen molar-refractivity contribution in [2.75, 3.05) is 0 Å². The minimum Gasteiger partial charge on any atom is -0.515 e. The zero-order valence-corrected chi connectivity index (χ0v) is 14.4. The molecule has 0 aliphatic heterocycles. The Kier molecular flexibility index (Phi) is 7.95. The summed E-state index contributed by atoms with van der Waals surface area (Å²) in [6, 6.07) is 0. The van der Waals surface area contributed by atoms with E-state index in [1.807, 2.05) is 33.8 Å². The van der Waals surface area contributed by atoms with Crippen LogP contribution in [0.1, 0.15) is 41.5 Å². The number of rotatable bonds is 6. The van der Waals surface area contributed by atoms with Crippen LogP contribution in [0.25, 0.3) is 0 Å². The van der Waals surface area contributed by atoms with Crippen molar-refractivity contribution < 1.29 is 9.90 Å². The van der Waals surface area contributed by atoms with E-state index < -0.39 is 0 Å². The molecule has 0 saturated heterocycles. The number of carbonyl (C=O) groups is 1. The molecule has 3 heteroatoms. The molecular weight excluding hydrogens is 274 g/mol. The van der Waals surface area contributed by atoms with Crippen molar-refractivity contribution in [2.24, 2.45) is 5.73 Å². The van der Waals surface area contributed by atoms with Gasteiger partial charge in [0, 0.05) is 11.3 Å². The zero-order chi connectivity index (χ0) is 17.4. The van der Waals surface area contributed by atoms with Crippen molar-refractivity contribution in [3.63, 3.8) is 0 Å². The molecule has 3 N–H and O–H groups in total. The fourth-order valence-corrected chi connectivity index (χ4v) is 2.39. The van der Waals surface area contributed by atoms with Gasteiger partial charge in [-0.1, -0.05) is 12.7 Å². The summed E-state index contributed by atoms with van der Waals surface area (Å²) in [6.45, 7) is 15.0. The maximum Gasteiger partial charge on any atom is 0.146 e. The number of hydrogen-bond acceptors (Lipinski definition) is 3. The van der Waals surface area contributed by atoms with E-state index in [0.717, 1.165) is 40.4 Å². The molecule has 0 amide bonds. The number of carbonyl (C=O) groups excluding carboxylic acids is 1. The van der Waals surface area contributed by atoms with Crippen LogP contribution in [0.4, 0.5) is 0 Å². The maximum absolute atomic E-state index is 11.2. The highest BCUT2D eigenvalue weighted by Crippen LogP contribution is 2.31. The molecule has 0 aliphatic carbocycles. The van der Waals surface area contributed by atoms with Crippen LogP contribution in [-0.4, -0.2) is 11.4 Å². The van der Waals surface area contributed by atoms with Crippen LogP contribution in [0.15, 0.2) is 69.7 Å². The van der Waals surface area contributed by atoms with Gasteiger partial charge in [-0.25, -0.2) is 0 Å². The van der Waals surface area contributed by atoms with Crippen LogP contribution in [0.5, 0.6) is 0 Å².